The van der Waals surface area contributed by atoms with Crippen molar-refractivity contribution in [1.82, 2.24) is 15.5 Å². The SMILES string of the molecule is CCOc1ccc(CNC(=NC)NCC2CN(CC(C)C)CCO2)cc1C.I. The van der Waals surface area contributed by atoms with Crippen LogP contribution in [0.5, 0.6) is 5.75 Å². The van der Waals surface area contributed by atoms with Crippen LogP contribution in [0, 0.1) is 12.8 Å². The Bertz CT molecular complexity index is 610. The first-order valence-corrected chi connectivity index (χ1v) is 10.0. The number of aryl methyl sites for hydroxylation is 1. The van der Waals surface area contributed by atoms with Gasteiger partial charge in [0, 0.05) is 39.8 Å². The van der Waals surface area contributed by atoms with Gasteiger partial charge in [-0.15, -0.1) is 24.0 Å². The van der Waals surface area contributed by atoms with E-state index < -0.39 is 0 Å². The van der Waals surface area contributed by atoms with Crippen molar-refractivity contribution in [3.63, 3.8) is 0 Å². The highest BCUT2D eigenvalue weighted by Gasteiger charge is 2.21. The Morgan fingerprint density at radius 3 is 2.79 bits per heavy atom. The minimum absolute atomic E-state index is 0. The summed E-state index contributed by atoms with van der Waals surface area (Å²) < 4.78 is 11.5. The first-order valence-electron chi connectivity index (χ1n) is 10.0. The second-order valence-corrected chi connectivity index (χ2v) is 7.49. The minimum atomic E-state index is 0. The topological polar surface area (TPSA) is 58.1 Å². The van der Waals surface area contributed by atoms with E-state index in [-0.39, 0.29) is 30.1 Å². The Morgan fingerprint density at radius 1 is 1.36 bits per heavy atom. The standard InChI is InChI=1S/C21H36N4O2.HI/c1-6-26-20-8-7-18(11-17(20)4)12-23-21(22-5)24-13-19-15-25(9-10-27-19)14-16(2)3;/h7-8,11,16,19H,6,9-10,12-15H2,1-5H3,(H2,22,23,24);1H. The van der Waals surface area contributed by atoms with Gasteiger partial charge in [-0.3, -0.25) is 9.89 Å². The summed E-state index contributed by atoms with van der Waals surface area (Å²) in [6.45, 7) is 14.7. The maximum Gasteiger partial charge on any atom is 0.191 e. The van der Waals surface area contributed by atoms with Crippen molar-refractivity contribution in [2.45, 2.75) is 40.3 Å². The zero-order valence-electron chi connectivity index (χ0n) is 18.0. The third-order valence-electron chi connectivity index (χ3n) is 4.57. The number of halogens is 1. The largest absolute Gasteiger partial charge is 0.494 e. The Hall–Kier alpha value is -1.06. The Balaban J connectivity index is 0.00000392. The monoisotopic (exact) mass is 504 g/mol. The van der Waals surface area contributed by atoms with Gasteiger partial charge in [0.25, 0.3) is 0 Å². The molecule has 0 radical (unpaired) electrons. The van der Waals surface area contributed by atoms with Crippen molar-refractivity contribution in [2.24, 2.45) is 10.9 Å². The van der Waals surface area contributed by atoms with Crippen molar-refractivity contribution in [3.05, 3.63) is 29.3 Å². The van der Waals surface area contributed by atoms with E-state index in [9.17, 15) is 0 Å². The summed E-state index contributed by atoms with van der Waals surface area (Å²) in [4.78, 5) is 6.81. The molecule has 1 aromatic carbocycles. The number of morpholine rings is 1. The van der Waals surface area contributed by atoms with Gasteiger partial charge in [0.05, 0.1) is 19.3 Å². The second kappa shape index (κ2) is 13.2. The average molecular weight is 504 g/mol. The number of nitrogens with zero attached hydrogens (tertiary/aromatic N) is 2. The van der Waals surface area contributed by atoms with Gasteiger partial charge < -0.3 is 20.1 Å². The molecule has 1 aliphatic heterocycles. The van der Waals surface area contributed by atoms with E-state index in [4.69, 9.17) is 9.47 Å². The van der Waals surface area contributed by atoms with E-state index in [0.717, 1.165) is 56.6 Å². The molecule has 28 heavy (non-hydrogen) atoms. The molecule has 1 saturated heterocycles. The normalized spacial score (nSPS) is 17.9. The van der Waals surface area contributed by atoms with Crippen molar-refractivity contribution in [3.8, 4) is 5.75 Å². The maximum absolute atomic E-state index is 5.90. The second-order valence-electron chi connectivity index (χ2n) is 7.49. The average Bonchev–Trinajstić information content (AvgIpc) is 2.64. The van der Waals surface area contributed by atoms with Crippen LogP contribution in [0.4, 0.5) is 0 Å². The molecule has 0 saturated carbocycles. The smallest absolute Gasteiger partial charge is 0.191 e. The van der Waals surface area contributed by atoms with Gasteiger partial charge in [0.15, 0.2) is 5.96 Å². The molecule has 0 bridgehead atoms. The van der Waals surface area contributed by atoms with Crippen LogP contribution >= 0.6 is 24.0 Å². The van der Waals surface area contributed by atoms with E-state index in [2.05, 4.69) is 53.4 Å². The molecule has 1 unspecified atom stereocenters. The van der Waals surface area contributed by atoms with E-state index in [1.165, 1.54) is 5.56 Å². The maximum atomic E-state index is 5.90. The van der Waals surface area contributed by atoms with E-state index in [1.807, 2.05) is 13.0 Å². The lowest BCUT2D eigenvalue weighted by Crippen LogP contribution is -2.50. The molecule has 1 aliphatic rings. The summed E-state index contributed by atoms with van der Waals surface area (Å²) in [6.07, 6.45) is 0.198. The van der Waals surface area contributed by atoms with Crippen LogP contribution < -0.4 is 15.4 Å². The molecular formula is C21H37IN4O2. The number of aliphatic imine (C=N–C) groups is 1. The third-order valence-corrected chi connectivity index (χ3v) is 4.57. The van der Waals surface area contributed by atoms with Crippen LogP contribution in [0.15, 0.2) is 23.2 Å². The van der Waals surface area contributed by atoms with Gasteiger partial charge >= 0.3 is 0 Å². The molecule has 2 N–H and O–H groups in total. The molecule has 2 rings (SSSR count). The Kier molecular flexibility index (Phi) is 11.8. The number of guanidine groups is 1. The van der Waals surface area contributed by atoms with Crippen LogP contribution in [-0.4, -0.2) is 63.4 Å². The molecule has 1 fully saturated rings. The molecule has 1 heterocycles. The van der Waals surface area contributed by atoms with Gasteiger partial charge in [-0.2, -0.15) is 0 Å². The molecular weight excluding hydrogens is 467 g/mol. The van der Waals surface area contributed by atoms with Crippen molar-refractivity contribution >= 4 is 29.9 Å². The fourth-order valence-corrected chi connectivity index (χ4v) is 3.34. The van der Waals surface area contributed by atoms with Gasteiger partial charge in [0.1, 0.15) is 5.75 Å². The number of ether oxygens (including phenoxy) is 2. The van der Waals surface area contributed by atoms with E-state index in [1.54, 1.807) is 7.05 Å². The highest BCUT2D eigenvalue weighted by Crippen LogP contribution is 2.19. The number of rotatable bonds is 8. The van der Waals surface area contributed by atoms with Crippen molar-refractivity contribution < 1.29 is 9.47 Å². The lowest BCUT2D eigenvalue weighted by Gasteiger charge is -2.34. The van der Waals surface area contributed by atoms with Crippen LogP contribution in [0.2, 0.25) is 0 Å². The van der Waals surface area contributed by atoms with E-state index in [0.29, 0.717) is 12.5 Å². The molecule has 1 atom stereocenters. The fourth-order valence-electron chi connectivity index (χ4n) is 3.34. The van der Waals surface area contributed by atoms with Crippen molar-refractivity contribution in [2.75, 3.05) is 46.4 Å². The summed E-state index contributed by atoms with van der Waals surface area (Å²) in [5.74, 6) is 2.43. The Morgan fingerprint density at radius 2 is 2.14 bits per heavy atom. The van der Waals surface area contributed by atoms with Crippen LogP contribution in [0.1, 0.15) is 31.9 Å². The molecule has 0 spiro atoms. The quantitative estimate of drug-likeness (QED) is 0.324. The summed E-state index contributed by atoms with van der Waals surface area (Å²) in [5.41, 5.74) is 2.36. The summed E-state index contributed by atoms with van der Waals surface area (Å²) in [7, 11) is 1.80. The predicted molar refractivity (Wildman–Crippen MR) is 127 cm³/mol. The zero-order valence-corrected chi connectivity index (χ0v) is 20.3. The molecule has 0 aliphatic carbocycles. The van der Waals surface area contributed by atoms with Crippen LogP contribution in [-0.2, 0) is 11.3 Å². The number of hydrogen-bond acceptors (Lipinski definition) is 4. The Labute approximate surface area is 187 Å². The first kappa shape index (κ1) is 25.0. The van der Waals surface area contributed by atoms with Gasteiger partial charge in [-0.25, -0.2) is 0 Å². The number of nitrogens with one attached hydrogen (secondary N) is 2. The molecule has 6 nitrogen and oxygen atoms in total. The summed E-state index contributed by atoms with van der Waals surface area (Å²) in [5, 5.41) is 6.77. The van der Waals surface area contributed by atoms with Crippen molar-refractivity contribution in [1.29, 1.82) is 0 Å². The summed E-state index contributed by atoms with van der Waals surface area (Å²) >= 11 is 0. The first-order chi connectivity index (χ1) is 13.0. The number of hydrogen-bond donors (Lipinski definition) is 2. The molecule has 0 aromatic heterocycles. The van der Waals surface area contributed by atoms with Gasteiger partial charge in [-0.1, -0.05) is 26.0 Å². The highest BCUT2D eigenvalue weighted by molar-refractivity contribution is 14.0. The lowest BCUT2D eigenvalue weighted by molar-refractivity contribution is -0.0284. The summed E-state index contributed by atoms with van der Waals surface area (Å²) in [6, 6.07) is 6.27. The van der Waals surface area contributed by atoms with E-state index >= 15 is 0 Å². The van der Waals surface area contributed by atoms with Gasteiger partial charge in [0.2, 0.25) is 0 Å². The molecule has 7 heteroatoms. The lowest BCUT2D eigenvalue weighted by atomic mass is 10.1. The molecule has 0 amide bonds. The third kappa shape index (κ3) is 8.53. The number of benzene rings is 1. The van der Waals surface area contributed by atoms with Crippen LogP contribution in [0.3, 0.4) is 0 Å². The molecule has 160 valence electrons. The molecule has 1 aromatic rings. The predicted octanol–water partition coefficient (Wildman–Crippen LogP) is 3.03. The highest BCUT2D eigenvalue weighted by atomic mass is 127. The van der Waals surface area contributed by atoms with Crippen LogP contribution in [0.25, 0.3) is 0 Å². The fraction of sp³-hybridized carbons (Fsp3) is 0.667. The van der Waals surface area contributed by atoms with Gasteiger partial charge in [-0.05, 0) is 37.0 Å². The zero-order chi connectivity index (χ0) is 19.6. The minimum Gasteiger partial charge on any atom is -0.494 e.